The van der Waals surface area contributed by atoms with E-state index in [2.05, 4.69) is 91.5 Å². The van der Waals surface area contributed by atoms with Crippen molar-refractivity contribution in [2.75, 3.05) is 0 Å². The molecule has 2 aromatic heterocycles. The highest BCUT2D eigenvalue weighted by Crippen LogP contribution is 2.41. The van der Waals surface area contributed by atoms with Crippen molar-refractivity contribution in [2.24, 2.45) is 7.05 Å². The fourth-order valence-corrected chi connectivity index (χ4v) is 4.86. The number of fused-ring (bicyclic) bond motifs is 6. The number of benzene rings is 3. The maximum atomic E-state index is 6.54. The number of furan rings is 1. The van der Waals surface area contributed by atoms with E-state index in [1.807, 2.05) is 0 Å². The molecular formula is C27H22NO+. The van der Waals surface area contributed by atoms with Crippen LogP contribution in [0.25, 0.3) is 44.3 Å². The third-order valence-electron chi connectivity index (χ3n) is 6.36. The van der Waals surface area contributed by atoms with Gasteiger partial charge in [-0.2, -0.15) is 0 Å². The van der Waals surface area contributed by atoms with Gasteiger partial charge in [-0.3, -0.25) is 0 Å². The Bertz CT molecular complexity index is 1420. The summed E-state index contributed by atoms with van der Waals surface area (Å²) in [4.78, 5) is 0. The summed E-state index contributed by atoms with van der Waals surface area (Å²) in [6, 6.07) is 24.1. The number of aryl methyl sites for hydroxylation is 4. The summed E-state index contributed by atoms with van der Waals surface area (Å²) >= 11 is 0. The second kappa shape index (κ2) is 6.05. The van der Waals surface area contributed by atoms with Crippen LogP contribution >= 0.6 is 0 Å². The van der Waals surface area contributed by atoms with E-state index in [-0.39, 0.29) is 0 Å². The molecule has 1 aliphatic rings. The summed E-state index contributed by atoms with van der Waals surface area (Å²) in [5.41, 5.74) is 11.1. The summed E-state index contributed by atoms with van der Waals surface area (Å²) < 4.78 is 8.70. The van der Waals surface area contributed by atoms with Crippen LogP contribution in [0.3, 0.4) is 0 Å². The molecule has 3 aromatic carbocycles. The maximum absolute atomic E-state index is 6.54. The minimum Gasteiger partial charge on any atom is -0.455 e. The van der Waals surface area contributed by atoms with Crippen LogP contribution in [0.5, 0.6) is 0 Å². The number of aromatic nitrogens is 1. The predicted octanol–water partition coefficient (Wildman–Crippen LogP) is 6.15. The van der Waals surface area contributed by atoms with Crippen LogP contribution < -0.4 is 4.57 Å². The van der Waals surface area contributed by atoms with Crippen molar-refractivity contribution in [3.05, 3.63) is 89.6 Å². The molecule has 0 unspecified atom stereocenters. The van der Waals surface area contributed by atoms with Crippen molar-refractivity contribution in [3.63, 3.8) is 0 Å². The Morgan fingerprint density at radius 3 is 2.52 bits per heavy atom. The van der Waals surface area contributed by atoms with Gasteiger partial charge >= 0.3 is 0 Å². The summed E-state index contributed by atoms with van der Waals surface area (Å²) in [6.45, 7) is 2.16. The third-order valence-corrected chi connectivity index (χ3v) is 6.36. The van der Waals surface area contributed by atoms with Gasteiger partial charge in [0.05, 0.1) is 5.56 Å². The topological polar surface area (TPSA) is 17.0 Å². The van der Waals surface area contributed by atoms with E-state index < -0.39 is 0 Å². The Kier molecular flexibility index (Phi) is 3.45. The second-order valence-electron chi connectivity index (χ2n) is 8.10. The zero-order valence-electron chi connectivity index (χ0n) is 16.7. The SMILES string of the molecule is Cc1ccc2c(oc3cc4c(cc32)CCc2ccccc2-4)c1-c1cccc[n+]1C. The predicted molar refractivity (Wildman–Crippen MR) is 118 cm³/mol. The lowest BCUT2D eigenvalue weighted by atomic mass is 9.85. The lowest BCUT2D eigenvalue weighted by Crippen LogP contribution is -2.30. The molecule has 2 nitrogen and oxygen atoms in total. The third kappa shape index (κ3) is 2.39. The molecule has 2 heterocycles. The Morgan fingerprint density at radius 2 is 1.62 bits per heavy atom. The fourth-order valence-electron chi connectivity index (χ4n) is 4.86. The van der Waals surface area contributed by atoms with Gasteiger partial charge in [0.1, 0.15) is 18.2 Å². The van der Waals surface area contributed by atoms with Crippen molar-refractivity contribution in [1.29, 1.82) is 0 Å². The van der Waals surface area contributed by atoms with E-state index in [9.17, 15) is 0 Å². The van der Waals surface area contributed by atoms with Crippen LogP contribution in [0.1, 0.15) is 16.7 Å². The van der Waals surface area contributed by atoms with E-state index in [0.717, 1.165) is 24.0 Å². The highest BCUT2D eigenvalue weighted by molar-refractivity contribution is 6.11. The fraction of sp³-hybridized carbons (Fsp3) is 0.148. The molecule has 0 atom stereocenters. The summed E-state index contributed by atoms with van der Waals surface area (Å²) in [6.07, 6.45) is 4.28. The molecule has 0 aliphatic heterocycles. The molecule has 0 N–H and O–H groups in total. The zero-order chi connectivity index (χ0) is 19.5. The number of pyridine rings is 1. The molecule has 0 fully saturated rings. The van der Waals surface area contributed by atoms with E-state index >= 15 is 0 Å². The van der Waals surface area contributed by atoms with E-state index in [4.69, 9.17) is 4.42 Å². The lowest BCUT2D eigenvalue weighted by Gasteiger charge is -2.19. The largest absolute Gasteiger partial charge is 0.455 e. The molecule has 0 radical (unpaired) electrons. The summed E-state index contributed by atoms with van der Waals surface area (Å²) in [7, 11) is 2.09. The molecule has 1 aliphatic carbocycles. The van der Waals surface area contributed by atoms with Gasteiger partial charge in [0.2, 0.25) is 5.69 Å². The summed E-state index contributed by atoms with van der Waals surface area (Å²) in [5, 5.41) is 2.42. The first-order chi connectivity index (χ1) is 14.2. The lowest BCUT2D eigenvalue weighted by molar-refractivity contribution is -0.660. The van der Waals surface area contributed by atoms with Crippen LogP contribution in [0.15, 0.2) is 77.3 Å². The number of hydrogen-bond acceptors (Lipinski definition) is 1. The Labute approximate surface area is 170 Å². The van der Waals surface area contributed by atoms with Crippen molar-refractivity contribution in [2.45, 2.75) is 19.8 Å². The van der Waals surface area contributed by atoms with Crippen LogP contribution in [0.4, 0.5) is 0 Å². The maximum Gasteiger partial charge on any atom is 0.216 e. The van der Waals surface area contributed by atoms with Crippen molar-refractivity contribution in [3.8, 4) is 22.4 Å². The highest BCUT2D eigenvalue weighted by Gasteiger charge is 2.22. The first-order valence-corrected chi connectivity index (χ1v) is 10.2. The van der Waals surface area contributed by atoms with E-state index in [0.29, 0.717) is 0 Å². The molecule has 0 saturated carbocycles. The molecule has 140 valence electrons. The number of hydrogen-bond donors (Lipinski definition) is 0. The molecule has 0 bridgehead atoms. The van der Waals surface area contributed by atoms with Crippen LogP contribution in [0.2, 0.25) is 0 Å². The standard InChI is InChI=1S/C27H22NO/c1-17-10-13-21-23-15-19-12-11-18-7-3-4-8-20(18)22(19)16-25(23)29-27(21)26(17)24-9-5-6-14-28(24)2/h3-10,13-16H,11-12H2,1-2H3/q+1. The molecule has 0 spiro atoms. The summed E-state index contributed by atoms with van der Waals surface area (Å²) in [5.74, 6) is 0. The van der Waals surface area contributed by atoms with Gasteiger partial charge in [-0.1, -0.05) is 36.4 Å². The molecule has 6 rings (SSSR count). The number of nitrogens with zero attached hydrogens (tertiary/aromatic N) is 1. The number of rotatable bonds is 1. The van der Waals surface area contributed by atoms with Gasteiger partial charge in [-0.15, -0.1) is 0 Å². The Balaban J connectivity index is 1.68. The molecular weight excluding hydrogens is 354 g/mol. The minimum absolute atomic E-state index is 0.973. The Morgan fingerprint density at radius 1 is 0.793 bits per heavy atom. The van der Waals surface area contributed by atoms with Crippen LogP contribution in [-0.2, 0) is 19.9 Å². The second-order valence-corrected chi connectivity index (χ2v) is 8.10. The quantitative estimate of drug-likeness (QED) is 0.321. The van der Waals surface area contributed by atoms with Gasteiger partial charge in [0.15, 0.2) is 6.20 Å². The monoisotopic (exact) mass is 376 g/mol. The highest BCUT2D eigenvalue weighted by atomic mass is 16.3. The average molecular weight is 376 g/mol. The van der Waals surface area contributed by atoms with Gasteiger partial charge in [-0.05, 0) is 65.8 Å². The van der Waals surface area contributed by atoms with Gasteiger partial charge in [-0.25, -0.2) is 4.57 Å². The minimum atomic E-state index is 0.973. The van der Waals surface area contributed by atoms with Crippen molar-refractivity contribution < 1.29 is 8.98 Å². The first kappa shape index (κ1) is 16.6. The molecule has 5 aromatic rings. The average Bonchev–Trinajstić information content (AvgIpc) is 3.10. The molecule has 0 amide bonds. The van der Waals surface area contributed by atoms with Gasteiger partial charge in [0.25, 0.3) is 0 Å². The Hall–Kier alpha value is -3.39. The molecule has 0 saturated heterocycles. The molecule has 2 heteroatoms. The first-order valence-electron chi connectivity index (χ1n) is 10.2. The zero-order valence-corrected chi connectivity index (χ0v) is 16.7. The van der Waals surface area contributed by atoms with Crippen LogP contribution in [-0.4, -0.2) is 0 Å². The van der Waals surface area contributed by atoms with E-state index in [1.165, 1.54) is 49.8 Å². The van der Waals surface area contributed by atoms with E-state index in [1.54, 1.807) is 0 Å². The molecule has 29 heavy (non-hydrogen) atoms. The normalized spacial score (nSPS) is 12.9. The van der Waals surface area contributed by atoms with Gasteiger partial charge < -0.3 is 4.42 Å². The smallest absolute Gasteiger partial charge is 0.216 e. The van der Waals surface area contributed by atoms with Crippen molar-refractivity contribution in [1.82, 2.24) is 0 Å². The van der Waals surface area contributed by atoms with Crippen molar-refractivity contribution >= 4 is 21.9 Å². The van der Waals surface area contributed by atoms with Crippen LogP contribution in [0, 0.1) is 6.92 Å². The van der Waals surface area contributed by atoms with Gasteiger partial charge in [0, 0.05) is 22.9 Å².